The van der Waals surface area contributed by atoms with E-state index in [0.29, 0.717) is 11.5 Å². The summed E-state index contributed by atoms with van der Waals surface area (Å²) < 4.78 is 11.0. The number of carbonyl (C=O) groups excluding carboxylic acids is 1. The van der Waals surface area contributed by atoms with Crippen LogP contribution in [0, 0.1) is 22.7 Å². The maximum atomic E-state index is 13.0. The number of rotatable bonds is 3. The van der Waals surface area contributed by atoms with Gasteiger partial charge in [-0.3, -0.25) is 0 Å². The average molecular weight is 342 g/mol. The van der Waals surface area contributed by atoms with Gasteiger partial charge in [-0.05, 0) is 61.8 Å². The zero-order valence-corrected chi connectivity index (χ0v) is 15.2. The first-order valence-corrected chi connectivity index (χ1v) is 8.94. The topological polar surface area (TPSA) is 85.3 Å². The van der Waals surface area contributed by atoms with E-state index in [-0.39, 0.29) is 24.1 Å². The second-order valence-corrected chi connectivity index (χ2v) is 7.46. The largest absolute Gasteiger partial charge is 0.464 e. The first kappa shape index (κ1) is 17.9. The van der Waals surface area contributed by atoms with Crippen molar-refractivity contribution in [1.82, 2.24) is 0 Å². The Kier molecular flexibility index (Phi) is 4.61. The predicted molar refractivity (Wildman–Crippen MR) is 93.6 cm³/mol. The van der Waals surface area contributed by atoms with Gasteiger partial charge in [-0.15, -0.1) is 0 Å². The van der Waals surface area contributed by atoms with Crippen LogP contribution in [-0.4, -0.2) is 25.8 Å². The van der Waals surface area contributed by atoms with Crippen molar-refractivity contribution in [2.45, 2.75) is 51.2 Å². The van der Waals surface area contributed by atoms with Crippen LogP contribution in [-0.2, 0) is 26.2 Å². The lowest BCUT2D eigenvalue weighted by molar-refractivity contribution is -0.159. The lowest BCUT2D eigenvalue weighted by Crippen LogP contribution is -2.59. The summed E-state index contributed by atoms with van der Waals surface area (Å²) in [5, 5.41) is 9.27. The van der Waals surface area contributed by atoms with Gasteiger partial charge < -0.3 is 15.2 Å². The maximum absolute atomic E-state index is 13.0. The highest BCUT2D eigenvalue weighted by atomic mass is 16.5. The number of carbonyl (C=O) groups is 1. The second-order valence-electron chi connectivity index (χ2n) is 7.46. The summed E-state index contributed by atoms with van der Waals surface area (Å²) in [5.74, 6) is -0.0762. The number of nitriles is 1. The SMILES string of the molecule is CCOC(=O)C1(N)c2cc(C#N)ccc2CC12CCC(OC)C(C)C2. The molecule has 3 rings (SSSR count). The number of methoxy groups -OCH3 is 1. The fraction of sp³-hybridized carbons (Fsp3) is 0.600. The van der Waals surface area contributed by atoms with E-state index in [1.54, 1.807) is 26.2 Å². The van der Waals surface area contributed by atoms with Crippen molar-refractivity contribution in [3.05, 3.63) is 34.9 Å². The number of esters is 1. The van der Waals surface area contributed by atoms with Crippen LogP contribution in [0.25, 0.3) is 0 Å². The normalized spacial score (nSPS) is 33.7. The molecule has 2 aliphatic carbocycles. The third-order valence-corrected chi connectivity index (χ3v) is 6.18. The van der Waals surface area contributed by atoms with Crippen molar-refractivity contribution in [1.29, 1.82) is 5.26 Å². The van der Waals surface area contributed by atoms with Crippen molar-refractivity contribution in [3.8, 4) is 6.07 Å². The number of benzene rings is 1. The third-order valence-electron chi connectivity index (χ3n) is 6.18. The second kappa shape index (κ2) is 6.44. The molecule has 4 atom stereocenters. The smallest absolute Gasteiger partial charge is 0.331 e. The van der Waals surface area contributed by atoms with E-state index in [1.165, 1.54) is 0 Å². The minimum atomic E-state index is -1.21. The third kappa shape index (κ3) is 2.56. The molecule has 0 aliphatic heterocycles. The lowest BCUT2D eigenvalue weighted by Gasteiger charge is -2.48. The van der Waals surface area contributed by atoms with Gasteiger partial charge in [0, 0.05) is 12.5 Å². The van der Waals surface area contributed by atoms with Gasteiger partial charge in [0.25, 0.3) is 0 Å². The van der Waals surface area contributed by atoms with Crippen LogP contribution in [0.15, 0.2) is 18.2 Å². The van der Waals surface area contributed by atoms with Crippen molar-refractivity contribution in [2.24, 2.45) is 17.1 Å². The molecular formula is C20H26N2O3. The number of hydrogen-bond donors (Lipinski definition) is 1. The van der Waals surface area contributed by atoms with Crippen LogP contribution in [0.2, 0.25) is 0 Å². The molecule has 0 amide bonds. The van der Waals surface area contributed by atoms with Crippen LogP contribution in [0.3, 0.4) is 0 Å². The maximum Gasteiger partial charge on any atom is 0.331 e. The molecule has 4 unspecified atom stereocenters. The molecule has 1 saturated carbocycles. The molecule has 0 radical (unpaired) electrons. The van der Waals surface area contributed by atoms with Crippen molar-refractivity contribution < 1.29 is 14.3 Å². The summed E-state index contributed by atoms with van der Waals surface area (Å²) in [6.07, 6.45) is 3.41. The molecular weight excluding hydrogens is 316 g/mol. The molecule has 2 aliphatic rings. The Morgan fingerprint density at radius 3 is 2.84 bits per heavy atom. The van der Waals surface area contributed by atoms with Gasteiger partial charge in [0.15, 0.2) is 0 Å². The Morgan fingerprint density at radius 1 is 1.48 bits per heavy atom. The van der Waals surface area contributed by atoms with E-state index in [0.717, 1.165) is 36.8 Å². The first-order chi connectivity index (χ1) is 11.9. The summed E-state index contributed by atoms with van der Waals surface area (Å²) in [5.41, 5.74) is 7.60. The number of ether oxygens (including phenoxy) is 2. The molecule has 5 heteroatoms. The molecule has 25 heavy (non-hydrogen) atoms. The standard InChI is InChI=1S/C20H26N2O3/c1-4-25-18(23)20(22)16-9-14(12-21)5-6-15(16)11-19(20)8-7-17(24-3)13(2)10-19/h5-6,9,13,17H,4,7-8,10-11,22H2,1-3H3. The number of nitrogens with two attached hydrogens (primary N) is 1. The minimum absolute atomic E-state index is 0.190. The quantitative estimate of drug-likeness (QED) is 0.854. The molecule has 0 bridgehead atoms. The number of fused-ring (bicyclic) bond motifs is 1. The van der Waals surface area contributed by atoms with E-state index in [2.05, 4.69) is 13.0 Å². The van der Waals surface area contributed by atoms with Gasteiger partial charge in [-0.25, -0.2) is 4.79 Å². The van der Waals surface area contributed by atoms with Gasteiger partial charge in [0.05, 0.1) is 24.3 Å². The fourth-order valence-electron chi connectivity index (χ4n) is 4.95. The molecule has 1 aromatic carbocycles. The van der Waals surface area contributed by atoms with Crippen molar-refractivity contribution in [3.63, 3.8) is 0 Å². The molecule has 1 spiro atoms. The number of nitrogens with zero attached hydrogens (tertiary/aromatic N) is 1. The van der Waals surface area contributed by atoms with E-state index in [1.807, 2.05) is 6.07 Å². The van der Waals surface area contributed by atoms with Gasteiger partial charge in [-0.1, -0.05) is 13.0 Å². The summed E-state index contributed by atoms with van der Waals surface area (Å²) >= 11 is 0. The van der Waals surface area contributed by atoms with Crippen LogP contribution >= 0.6 is 0 Å². The number of hydrogen-bond acceptors (Lipinski definition) is 5. The Hall–Kier alpha value is -1.90. The Labute approximate surface area is 149 Å². The van der Waals surface area contributed by atoms with E-state index >= 15 is 0 Å². The summed E-state index contributed by atoms with van der Waals surface area (Å²) in [7, 11) is 1.74. The zero-order valence-electron chi connectivity index (χ0n) is 15.2. The highest BCUT2D eigenvalue weighted by Gasteiger charge is 2.62. The van der Waals surface area contributed by atoms with Gasteiger partial charge in [-0.2, -0.15) is 5.26 Å². The molecule has 134 valence electrons. The van der Waals surface area contributed by atoms with E-state index in [9.17, 15) is 10.1 Å². The zero-order chi connectivity index (χ0) is 18.2. The molecule has 1 fully saturated rings. The minimum Gasteiger partial charge on any atom is -0.464 e. The first-order valence-electron chi connectivity index (χ1n) is 8.94. The van der Waals surface area contributed by atoms with Crippen LogP contribution < -0.4 is 5.73 Å². The summed E-state index contributed by atoms with van der Waals surface area (Å²) in [6.45, 7) is 4.24. The Balaban J connectivity index is 2.10. The molecule has 0 heterocycles. The van der Waals surface area contributed by atoms with E-state index < -0.39 is 5.54 Å². The van der Waals surface area contributed by atoms with Gasteiger partial charge in [0.2, 0.25) is 0 Å². The fourth-order valence-corrected chi connectivity index (χ4v) is 4.95. The van der Waals surface area contributed by atoms with Crippen LogP contribution in [0.4, 0.5) is 0 Å². The highest BCUT2D eigenvalue weighted by molar-refractivity contribution is 5.86. The monoisotopic (exact) mass is 342 g/mol. The molecule has 1 aromatic rings. The van der Waals surface area contributed by atoms with Crippen LogP contribution in [0.5, 0.6) is 0 Å². The summed E-state index contributed by atoms with van der Waals surface area (Å²) in [6, 6.07) is 7.67. The molecule has 2 N–H and O–H groups in total. The van der Waals surface area contributed by atoms with Crippen molar-refractivity contribution in [2.75, 3.05) is 13.7 Å². The van der Waals surface area contributed by atoms with Gasteiger partial charge in [0.1, 0.15) is 5.54 Å². The molecule has 0 saturated heterocycles. The Morgan fingerprint density at radius 2 is 2.24 bits per heavy atom. The lowest BCUT2D eigenvalue weighted by atomic mass is 9.59. The molecule has 5 nitrogen and oxygen atoms in total. The Bertz CT molecular complexity index is 726. The molecule has 0 aromatic heterocycles. The van der Waals surface area contributed by atoms with Crippen LogP contribution in [0.1, 0.15) is 49.8 Å². The predicted octanol–water partition coefficient (Wildman–Crippen LogP) is 2.65. The summed E-state index contributed by atoms with van der Waals surface area (Å²) in [4.78, 5) is 13.0. The highest BCUT2D eigenvalue weighted by Crippen LogP contribution is 2.58. The van der Waals surface area contributed by atoms with Gasteiger partial charge >= 0.3 is 5.97 Å². The van der Waals surface area contributed by atoms with Crippen molar-refractivity contribution >= 4 is 5.97 Å². The van der Waals surface area contributed by atoms with E-state index in [4.69, 9.17) is 15.2 Å². The average Bonchev–Trinajstić information content (AvgIpc) is 2.84.